The van der Waals surface area contributed by atoms with E-state index >= 15 is 0 Å². The highest BCUT2D eigenvalue weighted by Crippen LogP contribution is 2.28. The molecule has 0 spiro atoms. The topological polar surface area (TPSA) is 64.7 Å². The summed E-state index contributed by atoms with van der Waals surface area (Å²) in [5, 5.41) is 8.67. The van der Waals surface area contributed by atoms with Crippen molar-refractivity contribution in [2.24, 2.45) is 5.73 Å². The van der Waals surface area contributed by atoms with Gasteiger partial charge in [0, 0.05) is 13.2 Å². The van der Waals surface area contributed by atoms with E-state index in [1.807, 2.05) is 18.2 Å². The molecule has 1 rings (SSSR count). The van der Waals surface area contributed by atoms with Crippen LogP contribution in [0.3, 0.4) is 0 Å². The number of ether oxygens (including phenoxy) is 2. The van der Waals surface area contributed by atoms with Crippen molar-refractivity contribution in [3.8, 4) is 11.5 Å². The Morgan fingerprint density at radius 3 is 2.56 bits per heavy atom. The Labute approximate surface area is 109 Å². The van der Waals surface area contributed by atoms with Crippen LogP contribution in [0.4, 0.5) is 0 Å². The summed E-state index contributed by atoms with van der Waals surface area (Å²) in [5.41, 5.74) is 6.63. The maximum absolute atomic E-state index is 8.67. The van der Waals surface area contributed by atoms with Crippen molar-refractivity contribution in [2.45, 2.75) is 32.2 Å². The predicted octanol–water partition coefficient (Wildman–Crippen LogP) is 2.09. The fourth-order valence-electron chi connectivity index (χ4n) is 1.71. The van der Waals surface area contributed by atoms with E-state index in [4.69, 9.17) is 20.3 Å². The molecule has 0 unspecified atom stereocenters. The van der Waals surface area contributed by atoms with Crippen LogP contribution in [-0.4, -0.2) is 25.4 Å². The summed E-state index contributed by atoms with van der Waals surface area (Å²) in [4.78, 5) is 0. The van der Waals surface area contributed by atoms with Gasteiger partial charge in [0.15, 0.2) is 11.5 Å². The molecule has 4 heteroatoms. The summed E-state index contributed by atoms with van der Waals surface area (Å²) < 4.78 is 10.9. The van der Waals surface area contributed by atoms with Gasteiger partial charge >= 0.3 is 0 Å². The number of unbranched alkanes of at least 4 members (excludes halogenated alkanes) is 3. The zero-order valence-corrected chi connectivity index (χ0v) is 11.0. The molecule has 1 aromatic carbocycles. The van der Waals surface area contributed by atoms with Crippen LogP contribution in [0.2, 0.25) is 0 Å². The molecule has 0 fully saturated rings. The first-order chi connectivity index (χ1) is 8.81. The average molecular weight is 253 g/mol. The number of methoxy groups -OCH3 is 1. The van der Waals surface area contributed by atoms with Crippen LogP contribution < -0.4 is 15.2 Å². The number of aliphatic hydroxyl groups is 1. The van der Waals surface area contributed by atoms with Crippen LogP contribution in [0.25, 0.3) is 0 Å². The molecule has 0 aliphatic rings. The lowest BCUT2D eigenvalue weighted by atomic mass is 10.2. The van der Waals surface area contributed by atoms with Gasteiger partial charge in [-0.2, -0.15) is 0 Å². The van der Waals surface area contributed by atoms with Crippen LogP contribution in [0.15, 0.2) is 18.2 Å². The Kier molecular flexibility index (Phi) is 7.22. The van der Waals surface area contributed by atoms with Crippen molar-refractivity contribution >= 4 is 0 Å². The van der Waals surface area contributed by atoms with Gasteiger partial charge in [-0.3, -0.25) is 0 Å². The molecule has 0 aliphatic heterocycles. The zero-order valence-electron chi connectivity index (χ0n) is 11.0. The van der Waals surface area contributed by atoms with Gasteiger partial charge in [0.05, 0.1) is 13.7 Å². The highest BCUT2D eigenvalue weighted by molar-refractivity contribution is 5.42. The van der Waals surface area contributed by atoms with E-state index in [9.17, 15) is 0 Å². The van der Waals surface area contributed by atoms with Gasteiger partial charge in [0.25, 0.3) is 0 Å². The highest BCUT2D eigenvalue weighted by atomic mass is 16.5. The monoisotopic (exact) mass is 253 g/mol. The molecule has 4 nitrogen and oxygen atoms in total. The number of nitrogens with two attached hydrogens (primary N) is 1. The van der Waals surface area contributed by atoms with E-state index in [0.717, 1.165) is 42.7 Å². The minimum absolute atomic E-state index is 0.271. The summed E-state index contributed by atoms with van der Waals surface area (Å²) in [6.45, 7) is 1.43. The summed E-state index contributed by atoms with van der Waals surface area (Å²) in [7, 11) is 1.63. The van der Waals surface area contributed by atoms with Gasteiger partial charge in [-0.1, -0.05) is 12.5 Å². The van der Waals surface area contributed by atoms with Crippen molar-refractivity contribution < 1.29 is 14.6 Å². The predicted molar refractivity (Wildman–Crippen MR) is 71.9 cm³/mol. The molecule has 0 aromatic heterocycles. The molecule has 0 heterocycles. The maximum atomic E-state index is 8.67. The first-order valence-corrected chi connectivity index (χ1v) is 6.42. The van der Waals surface area contributed by atoms with E-state index in [1.165, 1.54) is 0 Å². The lowest BCUT2D eigenvalue weighted by Crippen LogP contribution is -2.02. The average Bonchev–Trinajstić information content (AvgIpc) is 2.42. The second kappa shape index (κ2) is 8.78. The Morgan fingerprint density at radius 2 is 1.89 bits per heavy atom. The van der Waals surface area contributed by atoms with Crippen LogP contribution in [0.1, 0.15) is 31.2 Å². The molecule has 0 aliphatic carbocycles. The molecule has 0 saturated heterocycles. The highest BCUT2D eigenvalue weighted by Gasteiger charge is 2.04. The van der Waals surface area contributed by atoms with E-state index in [2.05, 4.69) is 0 Å². The van der Waals surface area contributed by atoms with Crippen molar-refractivity contribution in [1.29, 1.82) is 0 Å². The molecule has 0 amide bonds. The molecule has 3 N–H and O–H groups in total. The molecule has 18 heavy (non-hydrogen) atoms. The molecule has 0 atom stereocenters. The van der Waals surface area contributed by atoms with Crippen molar-refractivity contribution in [3.05, 3.63) is 23.8 Å². The first kappa shape index (κ1) is 14.8. The Hall–Kier alpha value is -1.26. The zero-order chi connectivity index (χ0) is 13.2. The van der Waals surface area contributed by atoms with E-state index in [1.54, 1.807) is 7.11 Å². The Balaban J connectivity index is 2.39. The second-order valence-electron chi connectivity index (χ2n) is 4.18. The lowest BCUT2D eigenvalue weighted by Gasteiger charge is -2.11. The standard InChI is InChI=1S/C14H23NO3/c1-17-13-7-6-12(11-15)10-14(13)18-9-5-3-2-4-8-16/h6-7,10,16H,2-5,8-9,11,15H2,1H3. The third-order valence-corrected chi connectivity index (χ3v) is 2.77. The summed E-state index contributed by atoms with van der Waals surface area (Å²) in [6, 6.07) is 5.74. The fourth-order valence-corrected chi connectivity index (χ4v) is 1.71. The number of hydrogen-bond donors (Lipinski definition) is 2. The minimum Gasteiger partial charge on any atom is -0.493 e. The Morgan fingerprint density at radius 1 is 1.11 bits per heavy atom. The lowest BCUT2D eigenvalue weighted by molar-refractivity contribution is 0.268. The molecular formula is C14H23NO3. The summed E-state index contributed by atoms with van der Waals surface area (Å²) >= 11 is 0. The number of hydrogen-bond acceptors (Lipinski definition) is 4. The third-order valence-electron chi connectivity index (χ3n) is 2.77. The smallest absolute Gasteiger partial charge is 0.161 e. The van der Waals surface area contributed by atoms with Crippen LogP contribution in [-0.2, 0) is 6.54 Å². The maximum Gasteiger partial charge on any atom is 0.161 e. The van der Waals surface area contributed by atoms with Crippen molar-refractivity contribution in [1.82, 2.24) is 0 Å². The summed E-state index contributed by atoms with van der Waals surface area (Å²) in [6.07, 6.45) is 3.96. The van der Waals surface area contributed by atoms with Gasteiger partial charge < -0.3 is 20.3 Å². The molecule has 0 bridgehead atoms. The molecule has 0 radical (unpaired) electrons. The molecule has 102 valence electrons. The SMILES string of the molecule is COc1ccc(CN)cc1OCCCCCCO. The van der Waals surface area contributed by atoms with Gasteiger partial charge in [-0.05, 0) is 37.0 Å². The first-order valence-electron chi connectivity index (χ1n) is 6.42. The third kappa shape index (κ3) is 4.94. The van der Waals surface area contributed by atoms with Gasteiger partial charge in [-0.25, -0.2) is 0 Å². The van der Waals surface area contributed by atoms with Crippen molar-refractivity contribution in [2.75, 3.05) is 20.3 Å². The van der Waals surface area contributed by atoms with Gasteiger partial charge in [0.1, 0.15) is 0 Å². The normalized spacial score (nSPS) is 10.4. The quantitative estimate of drug-likeness (QED) is 0.661. The molecule has 0 saturated carbocycles. The number of aliphatic hydroxyl groups excluding tert-OH is 1. The number of rotatable bonds is 9. The molecule has 1 aromatic rings. The summed E-state index contributed by atoms with van der Waals surface area (Å²) in [5.74, 6) is 1.49. The Bertz CT molecular complexity index is 342. The minimum atomic E-state index is 0.271. The van der Waals surface area contributed by atoms with Crippen molar-refractivity contribution in [3.63, 3.8) is 0 Å². The van der Waals surface area contributed by atoms with Gasteiger partial charge in [-0.15, -0.1) is 0 Å². The van der Waals surface area contributed by atoms with Gasteiger partial charge in [0.2, 0.25) is 0 Å². The second-order valence-corrected chi connectivity index (χ2v) is 4.18. The van der Waals surface area contributed by atoms with E-state index < -0.39 is 0 Å². The molecular weight excluding hydrogens is 230 g/mol. The van der Waals surface area contributed by atoms with E-state index in [-0.39, 0.29) is 6.61 Å². The largest absolute Gasteiger partial charge is 0.493 e. The van der Waals surface area contributed by atoms with Crippen LogP contribution >= 0.6 is 0 Å². The van der Waals surface area contributed by atoms with E-state index in [0.29, 0.717) is 13.2 Å². The number of benzene rings is 1. The van der Waals surface area contributed by atoms with Crippen LogP contribution in [0.5, 0.6) is 11.5 Å². The fraction of sp³-hybridized carbons (Fsp3) is 0.571. The van der Waals surface area contributed by atoms with Crippen LogP contribution in [0, 0.1) is 0 Å².